The molecule has 26 heavy (non-hydrogen) atoms. The van der Waals surface area contributed by atoms with Gasteiger partial charge in [-0.3, -0.25) is 4.98 Å². The predicted octanol–water partition coefficient (Wildman–Crippen LogP) is 5.16. The lowest BCUT2D eigenvalue weighted by molar-refractivity contribution is 0.0527. The molecule has 0 aliphatic heterocycles. The van der Waals surface area contributed by atoms with Crippen LogP contribution in [0.5, 0.6) is 5.75 Å². The number of nitrogens with zero attached hydrogens (tertiary/aromatic N) is 1. The minimum Gasteiger partial charge on any atom is -0.494 e. The van der Waals surface area contributed by atoms with E-state index in [4.69, 9.17) is 9.47 Å². The van der Waals surface area contributed by atoms with Crippen LogP contribution in [0.25, 0.3) is 10.9 Å². The Labute approximate surface area is 165 Å². The SMILES string of the molecule is CCOC(=O)c1cnc2ccc(OCC)cc2c1Nc1ccc(I)cc1. The average molecular weight is 462 g/mol. The molecule has 0 saturated carbocycles. The van der Waals surface area contributed by atoms with Gasteiger partial charge in [-0.05, 0) is 78.9 Å². The molecule has 6 heteroatoms. The van der Waals surface area contributed by atoms with Crippen LogP contribution in [-0.2, 0) is 4.74 Å². The second-order valence-electron chi connectivity index (χ2n) is 5.51. The van der Waals surface area contributed by atoms with Crippen LogP contribution in [0.2, 0.25) is 0 Å². The molecule has 1 heterocycles. The van der Waals surface area contributed by atoms with E-state index >= 15 is 0 Å². The van der Waals surface area contributed by atoms with E-state index in [0.717, 1.165) is 25.9 Å². The molecule has 0 aliphatic rings. The summed E-state index contributed by atoms with van der Waals surface area (Å²) < 4.78 is 11.9. The summed E-state index contributed by atoms with van der Waals surface area (Å²) in [5, 5.41) is 4.16. The number of carbonyl (C=O) groups is 1. The van der Waals surface area contributed by atoms with Gasteiger partial charge in [0.05, 0.1) is 24.4 Å². The number of aromatic nitrogens is 1. The summed E-state index contributed by atoms with van der Waals surface area (Å²) in [5.41, 5.74) is 2.71. The van der Waals surface area contributed by atoms with Crippen molar-refractivity contribution in [3.05, 3.63) is 57.8 Å². The highest BCUT2D eigenvalue weighted by Gasteiger charge is 2.17. The van der Waals surface area contributed by atoms with E-state index < -0.39 is 5.97 Å². The topological polar surface area (TPSA) is 60.5 Å². The number of benzene rings is 2. The highest BCUT2D eigenvalue weighted by atomic mass is 127. The van der Waals surface area contributed by atoms with Crippen molar-refractivity contribution >= 4 is 50.8 Å². The van der Waals surface area contributed by atoms with Gasteiger partial charge in [-0.15, -0.1) is 0 Å². The summed E-state index contributed by atoms with van der Waals surface area (Å²) in [4.78, 5) is 16.8. The first-order valence-corrected chi connectivity index (χ1v) is 9.45. The van der Waals surface area contributed by atoms with E-state index in [1.54, 1.807) is 13.1 Å². The van der Waals surface area contributed by atoms with Crippen molar-refractivity contribution in [1.82, 2.24) is 4.98 Å². The van der Waals surface area contributed by atoms with Crippen molar-refractivity contribution in [2.45, 2.75) is 13.8 Å². The molecule has 0 bridgehead atoms. The largest absolute Gasteiger partial charge is 0.494 e. The Morgan fingerprint density at radius 2 is 1.88 bits per heavy atom. The fourth-order valence-electron chi connectivity index (χ4n) is 2.60. The van der Waals surface area contributed by atoms with Crippen molar-refractivity contribution in [3.8, 4) is 5.75 Å². The minimum atomic E-state index is -0.406. The summed E-state index contributed by atoms with van der Waals surface area (Å²) in [6.07, 6.45) is 1.55. The summed E-state index contributed by atoms with van der Waals surface area (Å²) in [6, 6.07) is 13.6. The molecule has 0 aliphatic carbocycles. The number of carbonyl (C=O) groups excluding carboxylic acids is 1. The maximum atomic E-state index is 12.4. The van der Waals surface area contributed by atoms with Gasteiger partial charge >= 0.3 is 5.97 Å². The van der Waals surface area contributed by atoms with Crippen LogP contribution >= 0.6 is 22.6 Å². The predicted molar refractivity (Wildman–Crippen MR) is 111 cm³/mol. The lowest BCUT2D eigenvalue weighted by atomic mass is 10.1. The summed E-state index contributed by atoms with van der Waals surface area (Å²) >= 11 is 2.26. The third-order valence-corrected chi connectivity index (χ3v) is 4.48. The Bertz CT molecular complexity index is 926. The molecule has 2 aromatic carbocycles. The first kappa shape index (κ1) is 18.4. The molecule has 0 unspecified atom stereocenters. The van der Waals surface area contributed by atoms with Gasteiger partial charge in [0.15, 0.2) is 0 Å². The van der Waals surface area contributed by atoms with Crippen LogP contribution in [0.1, 0.15) is 24.2 Å². The number of hydrogen-bond acceptors (Lipinski definition) is 5. The van der Waals surface area contributed by atoms with Gasteiger partial charge in [-0.1, -0.05) is 0 Å². The quantitative estimate of drug-likeness (QED) is 0.405. The fourth-order valence-corrected chi connectivity index (χ4v) is 2.96. The molecule has 3 aromatic rings. The standard InChI is InChI=1S/C20H19IN2O3/c1-3-25-15-9-10-18-16(11-15)19(17(12-22-18)20(24)26-4-2)23-14-7-5-13(21)6-8-14/h5-12H,3-4H2,1-2H3,(H,22,23). The van der Waals surface area contributed by atoms with Crippen molar-refractivity contribution in [2.75, 3.05) is 18.5 Å². The van der Waals surface area contributed by atoms with Crippen molar-refractivity contribution in [3.63, 3.8) is 0 Å². The second kappa shape index (κ2) is 8.35. The third-order valence-electron chi connectivity index (χ3n) is 3.76. The maximum absolute atomic E-state index is 12.4. The summed E-state index contributed by atoms with van der Waals surface area (Å²) in [6.45, 7) is 4.59. The third kappa shape index (κ3) is 4.07. The number of anilines is 2. The van der Waals surface area contributed by atoms with E-state index in [-0.39, 0.29) is 0 Å². The van der Waals surface area contributed by atoms with Crippen LogP contribution in [0.4, 0.5) is 11.4 Å². The molecule has 0 atom stereocenters. The molecule has 0 saturated heterocycles. The number of esters is 1. The molecule has 1 N–H and O–H groups in total. The first-order chi connectivity index (χ1) is 12.6. The van der Waals surface area contributed by atoms with Gasteiger partial charge in [-0.25, -0.2) is 4.79 Å². The fraction of sp³-hybridized carbons (Fsp3) is 0.200. The molecule has 0 fully saturated rings. The molecule has 3 rings (SSSR count). The van der Waals surface area contributed by atoms with Gasteiger partial charge in [0, 0.05) is 20.8 Å². The Hall–Kier alpha value is -2.35. The Kier molecular flexibility index (Phi) is 5.92. The summed E-state index contributed by atoms with van der Waals surface area (Å²) in [7, 11) is 0. The van der Waals surface area contributed by atoms with E-state index in [2.05, 4.69) is 32.9 Å². The molecular formula is C20H19IN2O3. The minimum absolute atomic E-state index is 0.304. The summed E-state index contributed by atoms with van der Waals surface area (Å²) in [5.74, 6) is 0.324. The van der Waals surface area contributed by atoms with Crippen LogP contribution < -0.4 is 10.1 Å². The number of fused-ring (bicyclic) bond motifs is 1. The average Bonchev–Trinajstić information content (AvgIpc) is 2.64. The molecule has 5 nitrogen and oxygen atoms in total. The number of rotatable bonds is 6. The van der Waals surface area contributed by atoms with Gasteiger partial charge < -0.3 is 14.8 Å². The number of nitrogens with one attached hydrogen (secondary N) is 1. The Balaban J connectivity index is 2.15. The molecule has 134 valence electrons. The Morgan fingerprint density at radius 3 is 2.58 bits per heavy atom. The first-order valence-electron chi connectivity index (χ1n) is 8.37. The van der Waals surface area contributed by atoms with Crippen molar-refractivity contribution in [1.29, 1.82) is 0 Å². The molecule has 0 amide bonds. The van der Waals surface area contributed by atoms with E-state index in [9.17, 15) is 4.79 Å². The van der Waals surface area contributed by atoms with E-state index in [1.165, 1.54) is 0 Å². The van der Waals surface area contributed by atoms with Gasteiger partial charge in [0.25, 0.3) is 0 Å². The second-order valence-corrected chi connectivity index (χ2v) is 6.76. The van der Waals surface area contributed by atoms with Gasteiger partial charge in [-0.2, -0.15) is 0 Å². The number of ether oxygens (including phenoxy) is 2. The molecular weight excluding hydrogens is 443 g/mol. The number of pyridine rings is 1. The van der Waals surface area contributed by atoms with Crippen LogP contribution in [0, 0.1) is 3.57 Å². The van der Waals surface area contributed by atoms with Crippen molar-refractivity contribution in [2.24, 2.45) is 0 Å². The zero-order valence-electron chi connectivity index (χ0n) is 14.6. The van der Waals surface area contributed by atoms with Gasteiger partial charge in [0.2, 0.25) is 0 Å². The Morgan fingerprint density at radius 1 is 1.12 bits per heavy atom. The highest BCUT2D eigenvalue weighted by molar-refractivity contribution is 14.1. The van der Waals surface area contributed by atoms with Crippen LogP contribution in [-0.4, -0.2) is 24.2 Å². The monoisotopic (exact) mass is 462 g/mol. The van der Waals surface area contributed by atoms with E-state index in [1.807, 2.05) is 49.4 Å². The lowest BCUT2D eigenvalue weighted by Crippen LogP contribution is -2.09. The number of hydrogen-bond donors (Lipinski definition) is 1. The van der Waals surface area contributed by atoms with Crippen LogP contribution in [0.3, 0.4) is 0 Å². The molecule has 0 spiro atoms. The normalized spacial score (nSPS) is 10.6. The van der Waals surface area contributed by atoms with Gasteiger partial charge in [0.1, 0.15) is 11.3 Å². The molecule has 1 aromatic heterocycles. The van der Waals surface area contributed by atoms with E-state index in [0.29, 0.717) is 24.5 Å². The zero-order chi connectivity index (χ0) is 18.5. The van der Waals surface area contributed by atoms with Crippen LogP contribution in [0.15, 0.2) is 48.7 Å². The lowest BCUT2D eigenvalue weighted by Gasteiger charge is -2.15. The zero-order valence-corrected chi connectivity index (χ0v) is 16.7. The maximum Gasteiger partial charge on any atom is 0.341 e. The molecule has 0 radical (unpaired) electrons. The highest BCUT2D eigenvalue weighted by Crippen LogP contribution is 2.32. The smallest absolute Gasteiger partial charge is 0.341 e. The number of halogens is 1. The van der Waals surface area contributed by atoms with Crippen molar-refractivity contribution < 1.29 is 14.3 Å².